The Morgan fingerprint density at radius 2 is 1.52 bits per heavy atom. The van der Waals surface area contributed by atoms with Gasteiger partial charge in [-0.1, -0.05) is 48.0 Å². The van der Waals surface area contributed by atoms with Gasteiger partial charge in [0.25, 0.3) is 0 Å². The maximum absolute atomic E-state index is 3.61. The first kappa shape index (κ1) is 15.8. The zero-order chi connectivity index (χ0) is 15.2. The summed E-state index contributed by atoms with van der Waals surface area (Å²) in [5, 5.41) is 3.61. The highest BCUT2D eigenvalue weighted by Crippen LogP contribution is 2.12. The van der Waals surface area contributed by atoms with Gasteiger partial charge in [-0.25, -0.2) is 0 Å². The second-order valence-electron chi connectivity index (χ2n) is 6.22. The van der Waals surface area contributed by atoms with Crippen molar-refractivity contribution in [3.63, 3.8) is 0 Å². The summed E-state index contributed by atoms with van der Waals surface area (Å²) in [5.74, 6) is 0. The van der Waals surface area contributed by atoms with Crippen molar-refractivity contribution < 1.29 is 0 Å². The molecule has 0 spiro atoms. The molecule has 0 amide bonds. The van der Waals surface area contributed by atoms with Gasteiger partial charge in [-0.15, -0.1) is 0 Å². The number of hydrogen-bond acceptors (Lipinski definition) is 1. The molecule has 0 aliphatic rings. The molecule has 0 heterocycles. The molecular weight excluding hydrogens is 254 g/mol. The molecule has 0 fully saturated rings. The Bertz CT molecular complexity index is 569. The van der Waals surface area contributed by atoms with Gasteiger partial charge in [-0.3, -0.25) is 0 Å². The molecule has 1 atom stereocenters. The molecule has 0 aromatic heterocycles. The minimum Gasteiger partial charge on any atom is -0.310 e. The normalized spacial score (nSPS) is 12.4. The van der Waals surface area contributed by atoms with Crippen LogP contribution in [0.5, 0.6) is 0 Å². The van der Waals surface area contributed by atoms with Crippen LogP contribution in [0.25, 0.3) is 0 Å². The SMILES string of the molecule is Cc1ccc(CNC(C)CCc2ccc(C)c(C)c2)cc1. The Morgan fingerprint density at radius 3 is 2.19 bits per heavy atom. The van der Waals surface area contributed by atoms with E-state index < -0.39 is 0 Å². The third-order valence-electron chi connectivity index (χ3n) is 4.21. The summed E-state index contributed by atoms with van der Waals surface area (Å²) in [6.45, 7) is 9.72. The van der Waals surface area contributed by atoms with Crippen molar-refractivity contribution in [2.45, 2.75) is 53.1 Å². The van der Waals surface area contributed by atoms with E-state index in [0.29, 0.717) is 6.04 Å². The average molecular weight is 281 g/mol. The Hall–Kier alpha value is -1.60. The molecule has 0 aliphatic heterocycles. The quantitative estimate of drug-likeness (QED) is 0.807. The molecule has 0 saturated heterocycles. The van der Waals surface area contributed by atoms with E-state index in [1.54, 1.807) is 0 Å². The molecule has 1 N–H and O–H groups in total. The number of benzene rings is 2. The topological polar surface area (TPSA) is 12.0 Å². The fourth-order valence-electron chi connectivity index (χ4n) is 2.44. The number of rotatable bonds is 6. The molecular formula is C20H27N. The Balaban J connectivity index is 1.77. The van der Waals surface area contributed by atoms with Crippen molar-refractivity contribution in [2.75, 3.05) is 0 Å². The maximum Gasteiger partial charge on any atom is 0.0207 e. The van der Waals surface area contributed by atoms with Crippen molar-refractivity contribution in [2.24, 2.45) is 0 Å². The summed E-state index contributed by atoms with van der Waals surface area (Å²) in [5.41, 5.74) is 6.90. The maximum atomic E-state index is 3.61. The van der Waals surface area contributed by atoms with Gasteiger partial charge in [-0.2, -0.15) is 0 Å². The van der Waals surface area contributed by atoms with Crippen LogP contribution in [0.2, 0.25) is 0 Å². The molecule has 0 aliphatic carbocycles. The van der Waals surface area contributed by atoms with E-state index in [0.717, 1.165) is 13.0 Å². The van der Waals surface area contributed by atoms with Crippen molar-refractivity contribution in [1.29, 1.82) is 0 Å². The zero-order valence-electron chi connectivity index (χ0n) is 13.7. The molecule has 112 valence electrons. The van der Waals surface area contributed by atoms with Crippen molar-refractivity contribution in [3.8, 4) is 0 Å². The summed E-state index contributed by atoms with van der Waals surface area (Å²) in [6.07, 6.45) is 2.32. The summed E-state index contributed by atoms with van der Waals surface area (Å²) in [6, 6.07) is 16.1. The van der Waals surface area contributed by atoms with Gasteiger partial charge >= 0.3 is 0 Å². The van der Waals surface area contributed by atoms with E-state index in [4.69, 9.17) is 0 Å². The lowest BCUT2D eigenvalue weighted by atomic mass is 10.0. The molecule has 0 bridgehead atoms. The first-order chi connectivity index (χ1) is 10.0. The Morgan fingerprint density at radius 1 is 0.857 bits per heavy atom. The molecule has 2 aromatic rings. The van der Waals surface area contributed by atoms with Crippen LogP contribution in [-0.2, 0) is 13.0 Å². The molecule has 0 radical (unpaired) electrons. The van der Waals surface area contributed by atoms with Crippen LogP contribution in [-0.4, -0.2) is 6.04 Å². The van der Waals surface area contributed by atoms with Crippen LogP contribution in [0.3, 0.4) is 0 Å². The van der Waals surface area contributed by atoms with Gasteiger partial charge in [-0.05, 0) is 62.8 Å². The van der Waals surface area contributed by atoms with Crippen LogP contribution in [0.15, 0.2) is 42.5 Å². The summed E-state index contributed by atoms with van der Waals surface area (Å²) < 4.78 is 0. The van der Waals surface area contributed by atoms with E-state index in [9.17, 15) is 0 Å². The average Bonchev–Trinajstić information content (AvgIpc) is 2.48. The highest BCUT2D eigenvalue weighted by atomic mass is 14.9. The lowest BCUT2D eigenvalue weighted by Crippen LogP contribution is -2.25. The van der Waals surface area contributed by atoms with Crippen LogP contribution < -0.4 is 5.32 Å². The fourth-order valence-corrected chi connectivity index (χ4v) is 2.44. The molecule has 2 rings (SSSR count). The lowest BCUT2D eigenvalue weighted by Gasteiger charge is -2.14. The standard InChI is InChI=1S/C20H27N/c1-15-5-9-20(10-6-15)14-21-18(4)8-12-19-11-7-16(2)17(3)13-19/h5-7,9-11,13,18,21H,8,12,14H2,1-4H3. The first-order valence-corrected chi connectivity index (χ1v) is 7.89. The predicted octanol–water partition coefficient (Wildman–Crippen LogP) is 4.72. The van der Waals surface area contributed by atoms with E-state index >= 15 is 0 Å². The Kier molecular flexibility index (Phi) is 5.58. The first-order valence-electron chi connectivity index (χ1n) is 7.89. The lowest BCUT2D eigenvalue weighted by molar-refractivity contribution is 0.514. The van der Waals surface area contributed by atoms with Gasteiger partial charge in [0.05, 0.1) is 0 Å². The van der Waals surface area contributed by atoms with Gasteiger partial charge in [0.1, 0.15) is 0 Å². The zero-order valence-corrected chi connectivity index (χ0v) is 13.7. The van der Waals surface area contributed by atoms with Crippen LogP contribution in [0, 0.1) is 20.8 Å². The minimum absolute atomic E-state index is 0.535. The second kappa shape index (κ2) is 7.42. The Labute approximate surface area is 129 Å². The van der Waals surface area contributed by atoms with E-state index in [1.807, 2.05) is 0 Å². The van der Waals surface area contributed by atoms with Crippen molar-refractivity contribution in [1.82, 2.24) is 5.32 Å². The number of aryl methyl sites for hydroxylation is 4. The largest absolute Gasteiger partial charge is 0.310 e. The molecule has 0 saturated carbocycles. The van der Waals surface area contributed by atoms with Gasteiger partial charge in [0.2, 0.25) is 0 Å². The van der Waals surface area contributed by atoms with Gasteiger partial charge in [0.15, 0.2) is 0 Å². The van der Waals surface area contributed by atoms with E-state index in [2.05, 4.69) is 75.5 Å². The van der Waals surface area contributed by atoms with Crippen molar-refractivity contribution in [3.05, 3.63) is 70.3 Å². The number of nitrogens with one attached hydrogen (secondary N) is 1. The monoisotopic (exact) mass is 281 g/mol. The number of hydrogen-bond donors (Lipinski definition) is 1. The van der Waals surface area contributed by atoms with E-state index in [1.165, 1.54) is 34.2 Å². The molecule has 2 aromatic carbocycles. The molecule has 1 unspecified atom stereocenters. The van der Waals surface area contributed by atoms with Crippen LogP contribution >= 0.6 is 0 Å². The second-order valence-corrected chi connectivity index (χ2v) is 6.22. The molecule has 1 nitrogen and oxygen atoms in total. The summed E-state index contributed by atoms with van der Waals surface area (Å²) in [7, 11) is 0. The third kappa shape index (κ3) is 5.02. The fraction of sp³-hybridized carbons (Fsp3) is 0.400. The highest BCUT2D eigenvalue weighted by Gasteiger charge is 2.03. The summed E-state index contributed by atoms with van der Waals surface area (Å²) >= 11 is 0. The van der Waals surface area contributed by atoms with Crippen molar-refractivity contribution >= 4 is 0 Å². The third-order valence-corrected chi connectivity index (χ3v) is 4.21. The van der Waals surface area contributed by atoms with Crippen LogP contribution in [0.1, 0.15) is 41.2 Å². The molecule has 1 heteroatoms. The minimum atomic E-state index is 0.535. The summed E-state index contributed by atoms with van der Waals surface area (Å²) in [4.78, 5) is 0. The highest BCUT2D eigenvalue weighted by molar-refractivity contribution is 5.30. The van der Waals surface area contributed by atoms with Gasteiger partial charge in [0, 0.05) is 12.6 Å². The molecule has 21 heavy (non-hydrogen) atoms. The predicted molar refractivity (Wildman–Crippen MR) is 91.7 cm³/mol. The van der Waals surface area contributed by atoms with Crippen LogP contribution in [0.4, 0.5) is 0 Å². The van der Waals surface area contributed by atoms with Gasteiger partial charge < -0.3 is 5.32 Å². The van der Waals surface area contributed by atoms with E-state index in [-0.39, 0.29) is 0 Å². The smallest absolute Gasteiger partial charge is 0.0207 e.